The normalized spacial score (nSPS) is 10.7. The van der Waals surface area contributed by atoms with Crippen molar-refractivity contribution in [1.82, 2.24) is 5.32 Å². The maximum absolute atomic E-state index is 11.9. The maximum Gasteiger partial charge on any atom is 0.251 e. The fourth-order valence-electron chi connectivity index (χ4n) is 1.76. The molecule has 1 aromatic rings. The number of carbonyl (C=O) groups is 1. The number of hydrogen-bond acceptors (Lipinski definition) is 4. The highest BCUT2D eigenvalue weighted by molar-refractivity contribution is 5.94. The fourth-order valence-corrected chi connectivity index (χ4v) is 1.76. The van der Waals surface area contributed by atoms with Crippen molar-refractivity contribution in [3.05, 3.63) is 29.3 Å². The van der Waals surface area contributed by atoms with Crippen LogP contribution in [0.5, 0.6) is 0 Å². The van der Waals surface area contributed by atoms with Crippen LogP contribution in [0.15, 0.2) is 18.2 Å². The van der Waals surface area contributed by atoms with Crippen molar-refractivity contribution in [2.45, 2.75) is 27.2 Å². The molecule has 1 amide bonds. The van der Waals surface area contributed by atoms with Crippen LogP contribution in [-0.2, 0) is 4.74 Å². The van der Waals surface area contributed by atoms with E-state index < -0.39 is 0 Å². The predicted molar refractivity (Wildman–Crippen MR) is 81.6 cm³/mol. The first kappa shape index (κ1) is 16.5. The van der Waals surface area contributed by atoms with E-state index in [1.54, 1.807) is 12.1 Å². The minimum absolute atomic E-state index is 0.0690. The van der Waals surface area contributed by atoms with Gasteiger partial charge in [0.25, 0.3) is 5.91 Å². The van der Waals surface area contributed by atoms with Gasteiger partial charge in [0.2, 0.25) is 0 Å². The molecule has 0 atom stereocenters. The topological polar surface area (TPSA) is 76.4 Å². The molecule has 5 nitrogen and oxygen atoms in total. The first-order valence-electron chi connectivity index (χ1n) is 6.97. The number of hydrazine groups is 1. The third-order valence-electron chi connectivity index (χ3n) is 2.85. The maximum atomic E-state index is 11.9. The van der Waals surface area contributed by atoms with Crippen molar-refractivity contribution in [3.8, 4) is 0 Å². The van der Waals surface area contributed by atoms with E-state index in [0.29, 0.717) is 24.6 Å². The molecule has 0 aliphatic rings. The van der Waals surface area contributed by atoms with Crippen LogP contribution in [-0.4, -0.2) is 25.7 Å². The van der Waals surface area contributed by atoms with Crippen LogP contribution in [0.2, 0.25) is 0 Å². The zero-order valence-electron chi connectivity index (χ0n) is 12.5. The van der Waals surface area contributed by atoms with E-state index in [-0.39, 0.29) is 5.91 Å². The summed E-state index contributed by atoms with van der Waals surface area (Å²) in [6, 6.07) is 5.38. The van der Waals surface area contributed by atoms with Gasteiger partial charge in [-0.15, -0.1) is 0 Å². The summed E-state index contributed by atoms with van der Waals surface area (Å²) in [5.74, 6) is 5.84. The number of nitrogens with two attached hydrogens (primary N) is 1. The lowest BCUT2D eigenvalue weighted by Gasteiger charge is -2.09. The quantitative estimate of drug-likeness (QED) is 0.387. The molecule has 0 bridgehead atoms. The lowest BCUT2D eigenvalue weighted by atomic mass is 10.1. The average molecular weight is 279 g/mol. The van der Waals surface area contributed by atoms with Crippen molar-refractivity contribution in [2.24, 2.45) is 11.8 Å². The van der Waals surface area contributed by atoms with Crippen molar-refractivity contribution in [2.75, 3.05) is 25.2 Å². The number of anilines is 1. The number of ether oxygens (including phenoxy) is 1. The summed E-state index contributed by atoms with van der Waals surface area (Å²) in [6.07, 6.45) is 0.819. The molecule has 112 valence electrons. The van der Waals surface area contributed by atoms with Crippen molar-refractivity contribution in [1.29, 1.82) is 0 Å². The average Bonchev–Trinajstić information content (AvgIpc) is 2.42. The van der Waals surface area contributed by atoms with Gasteiger partial charge in [-0.1, -0.05) is 13.8 Å². The van der Waals surface area contributed by atoms with Crippen molar-refractivity contribution in [3.63, 3.8) is 0 Å². The molecule has 0 fully saturated rings. The summed E-state index contributed by atoms with van der Waals surface area (Å²) in [6.45, 7) is 8.20. The van der Waals surface area contributed by atoms with Gasteiger partial charge in [0.1, 0.15) is 0 Å². The minimum Gasteiger partial charge on any atom is -0.381 e. The molecular weight excluding hydrogens is 254 g/mol. The van der Waals surface area contributed by atoms with Gasteiger partial charge in [0.05, 0.1) is 5.69 Å². The van der Waals surface area contributed by atoms with Gasteiger partial charge < -0.3 is 15.5 Å². The molecule has 1 rings (SSSR count). The first-order chi connectivity index (χ1) is 9.54. The lowest BCUT2D eigenvalue weighted by Crippen LogP contribution is -2.25. The van der Waals surface area contributed by atoms with E-state index in [1.807, 2.05) is 13.0 Å². The van der Waals surface area contributed by atoms with Crippen LogP contribution in [0.1, 0.15) is 36.2 Å². The van der Waals surface area contributed by atoms with Gasteiger partial charge in [-0.05, 0) is 43.0 Å². The molecule has 0 heterocycles. The van der Waals surface area contributed by atoms with Crippen LogP contribution in [0.25, 0.3) is 0 Å². The largest absolute Gasteiger partial charge is 0.381 e. The van der Waals surface area contributed by atoms with Gasteiger partial charge in [0.15, 0.2) is 0 Å². The molecule has 0 radical (unpaired) electrons. The van der Waals surface area contributed by atoms with Gasteiger partial charge in [0, 0.05) is 25.3 Å². The monoisotopic (exact) mass is 279 g/mol. The molecule has 1 aromatic carbocycles. The van der Waals surface area contributed by atoms with E-state index >= 15 is 0 Å². The van der Waals surface area contributed by atoms with Gasteiger partial charge >= 0.3 is 0 Å². The van der Waals surface area contributed by atoms with E-state index in [4.69, 9.17) is 10.6 Å². The fraction of sp³-hybridized carbons (Fsp3) is 0.533. The second-order valence-corrected chi connectivity index (χ2v) is 5.25. The highest BCUT2D eigenvalue weighted by atomic mass is 16.5. The van der Waals surface area contributed by atoms with Crippen molar-refractivity contribution < 1.29 is 9.53 Å². The number of carbonyl (C=O) groups excluding carboxylic acids is 1. The number of amides is 1. The Balaban J connectivity index is 2.31. The number of nitrogens with one attached hydrogen (secondary N) is 2. The number of rotatable bonds is 8. The molecule has 0 saturated heterocycles. The Morgan fingerprint density at radius 2 is 2.15 bits per heavy atom. The van der Waals surface area contributed by atoms with Crippen LogP contribution < -0.4 is 16.6 Å². The van der Waals surface area contributed by atoms with E-state index in [1.165, 1.54) is 0 Å². The molecule has 0 unspecified atom stereocenters. The lowest BCUT2D eigenvalue weighted by molar-refractivity contribution is 0.0925. The Hall–Kier alpha value is -1.59. The van der Waals surface area contributed by atoms with Crippen LogP contribution in [0.4, 0.5) is 5.69 Å². The molecule has 5 heteroatoms. The van der Waals surface area contributed by atoms with Crippen LogP contribution >= 0.6 is 0 Å². The molecular formula is C15H25N3O2. The Morgan fingerprint density at radius 1 is 1.40 bits per heavy atom. The summed E-state index contributed by atoms with van der Waals surface area (Å²) in [5, 5.41) is 2.88. The third kappa shape index (κ3) is 5.59. The second-order valence-electron chi connectivity index (χ2n) is 5.25. The Bertz CT molecular complexity index is 433. The molecule has 20 heavy (non-hydrogen) atoms. The molecule has 0 aromatic heterocycles. The first-order valence-corrected chi connectivity index (χ1v) is 6.97. The second kappa shape index (κ2) is 8.55. The molecule has 0 saturated carbocycles. The number of nitrogen functional groups attached to an aromatic ring is 1. The predicted octanol–water partition coefficient (Wildman–Crippen LogP) is 2.07. The van der Waals surface area contributed by atoms with E-state index in [9.17, 15) is 4.79 Å². The van der Waals surface area contributed by atoms with Gasteiger partial charge in [-0.2, -0.15) is 0 Å². The van der Waals surface area contributed by atoms with Crippen LogP contribution in [0.3, 0.4) is 0 Å². The number of aryl methyl sites for hydroxylation is 1. The summed E-state index contributed by atoms with van der Waals surface area (Å²) < 4.78 is 5.46. The molecule has 0 aliphatic carbocycles. The highest BCUT2D eigenvalue weighted by Crippen LogP contribution is 2.15. The van der Waals surface area contributed by atoms with Crippen molar-refractivity contribution >= 4 is 11.6 Å². The Labute approximate surface area is 120 Å². The van der Waals surface area contributed by atoms with Gasteiger partial charge in [-0.25, -0.2) is 0 Å². The third-order valence-corrected chi connectivity index (χ3v) is 2.85. The van der Waals surface area contributed by atoms with E-state index in [2.05, 4.69) is 24.6 Å². The summed E-state index contributed by atoms with van der Waals surface area (Å²) in [5.41, 5.74) is 5.00. The Kier molecular flexibility index (Phi) is 7.04. The zero-order valence-corrected chi connectivity index (χ0v) is 12.5. The highest BCUT2D eigenvalue weighted by Gasteiger charge is 2.06. The molecule has 0 spiro atoms. The SMILES string of the molecule is Cc1cc(C(=O)NCCCOCC(C)C)ccc1NN. The smallest absolute Gasteiger partial charge is 0.251 e. The number of hydrogen-bond donors (Lipinski definition) is 3. The summed E-state index contributed by atoms with van der Waals surface area (Å²) in [7, 11) is 0. The Morgan fingerprint density at radius 3 is 2.75 bits per heavy atom. The minimum atomic E-state index is -0.0690. The summed E-state index contributed by atoms with van der Waals surface area (Å²) in [4.78, 5) is 11.9. The van der Waals surface area contributed by atoms with Crippen LogP contribution in [0, 0.1) is 12.8 Å². The molecule has 0 aliphatic heterocycles. The van der Waals surface area contributed by atoms with Gasteiger partial charge in [-0.3, -0.25) is 10.6 Å². The summed E-state index contributed by atoms with van der Waals surface area (Å²) >= 11 is 0. The number of benzene rings is 1. The standard InChI is InChI=1S/C15H25N3O2/c1-11(2)10-20-8-4-7-17-15(19)13-5-6-14(18-16)12(3)9-13/h5-6,9,11,18H,4,7-8,10,16H2,1-3H3,(H,17,19). The van der Waals surface area contributed by atoms with E-state index in [0.717, 1.165) is 24.3 Å². The molecule has 4 N–H and O–H groups in total. The zero-order chi connectivity index (χ0) is 15.0.